The van der Waals surface area contributed by atoms with Crippen LogP contribution in [0.4, 0.5) is 5.69 Å². The Bertz CT molecular complexity index is 730. The summed E-state index contributed by atoms with van der Waals surface area (Å²) in [5, 5.41) is 11.3. The molecule has 5 heteroatoms. The average Bonchev–Trinajstić information content (AvgIpc) is 3.14. The third kappa shape index (κ3) is 2.97. The first-order chi connectivity index (χ1) is 10.3. The highest BCUT2D eigenvalue weighted by molar-refractivity contribution is 5.72. The van der Waals surface area contributed by atoms with Gasteiger partial charge in [-0.25, -0.2) is 0 Å². The Hall–Kier alpha value is -2.56. The highest BCUT2D eigenvalue weighted by atomic mass is 16.4. The maximum atomic E-state index is 5.69. The van der Waals surface area contributed by atoms with Gasteiger partial charge in [-0.05, 0) is 24.3 Å². The van der Waals surface area contributed by atoms with Crippen LogP contribution < -0.4 is 5.32 Å². The molecule has 2 heterocycles. The lowest BCUT2D eigenvalue weighted by molar-refractivity contribution is 0.476. The number of nitrogens with one attached hydrogen (secondary N) is 1. The van der Waals surface area contributed by atoms with Crippen LogP contribution in [0.25, 0.3) is 11.5 Å². The zero-order valence-electron chi connectivity index (χ0n) is 12.1. The van der Waals surface area contributed by atoms with Crippen molar-refractivity contribution in [2.75, 3.05) is 5.32 Å². The first-order valence-corrected chi connectivity index (χ1v) is 6.97. The smallest absolute Gasteiger partial charge is 0.249 e. The zero-order chi connectivity index (χ0) is 14.7. The summed E-state index contributed by atoms with van der Waals surface area (Å²) in [6, 6.07) is 11.8. The summed E-state index contributed by atoms with van der Waals surface area (Å²) >= 11 is 0. The average molecular weight is 283 g/mol. The molecular formula is C16H17N3O2. The van der Waals surface area contributed by atoms with E-state index < -0.39 is 0 Å². The number of hydrogen-bond donors (Lipinski definition) is 1. The highest BCUT2D eigenvalue weighted by Gasteiger charge is 2.11. The topological polar surface area (TPSA) is 64.1 Å². The Balaban J connectivity index is 1.79. The van der Waals surface area contributed by atoms with Crippen molar-refractivity contribution in [2.45, 2.75) is 26.8 Å². The number of furan rings is 1. The van der Waals surface area contributed by atoms with Crippen molar-refractivity contribution < 1.29 is 8.83 Å². The minimum Gasteiger partial charge on any atom is -0.464 e. The Labute approximate surface area is 123 Å². The summed E-state index contributed by atoms with van der Waals surface area (Å²) in [4.78, 5) is 0. The van der Waals surface area contributed by atoms with E-state index in [4.69, 9.17) is 8.83 Å². The summed E-state index contributed by atoms with van der Waals surface area (Å²) < 4.78 is 11.2. The lowest BCUT2D eigenvalue weighted by Crippen LogP contribution is -2.00. The van der Waals surface area contributed by atoms with E-state index in [9.17, 15) is 0 Å². The molecule has 1 aromatic carbocycles. The van der Waals surface area contributed by atoms with Gasteiger partial charge in [0.25, 0.3) is 0 Å². The molecule has 0 aliphatic heterocycles. The molecule has 0 atom stereocenters. The summed E-state index contributed by atoms with van der Waals surface area (Å²) in [7, 11) is 0. The van der Waals surface area contributed by atoms with Gasteiger partial charge >= 0.3 is 0 Å². The molecule has 0 radical (unpaired) electrons. The van der Waals surface area contributed by atoms with Gasteiger partial charge in [-0.1, -0.05) is 19.1 Å². The first kappa shape index (κ1) is 13.4. The fraction of sp³-hybridized carbons (Fsp3) is 0.250. The van der Waals surface area contributed by atoms with E-state index in [0.717, 1.165) is 29.2 Å². The van der Waals surface area contributed by atoms with Crippen molar-refractivity contribution in [2.24, 2.45) is 0 Å². The van der Waals surface area contributed by atoms with E-state index in [2.05, 4.69) is 22.4 Å². The molecule has 0 unspecified atom stereocenters. The summed E-state index contributed by atoms with van der Waals surface area (Å²) in [5.41, 5.74) is 1.83. The number of anilines is 1. The molecule has 0 saturated heterocycles. The van der Waals surface area contributed by atoms with Gasteiger partial charge < -0.3 is 14.2 Å². The number of hydrogen-bond acceptors (Lipinski definition) is 5. The van der Waals surface area contributed by atoms with Gasteiger partial charge in [0.1, 0.15) is 11.5 Å². The van der Waals surface area contributed by atoms with Crippen LogP contribution >= 0.6 is 0 Å². The zero-order valence-corrected chi connectivity index (χ0v) is 12.1. The molecule has 0 aliphatic rings. The standard InChI is InChI=1S/C16H17N3O2/c1-3-12-8-9-13(21-12)10-17-15-7-5-4-6-14(15)16-19-18-11(2)20-16/h4-9,17H,3,10H2,1-2H3. The maximum absolute atomic E-state index is 5.69. The quantitative estimate of drug-likeness (QED) is 0.771. The molecule has 0 amide bonds. The van der Waals surface area contributed by atoms with Crippen LogP contribution in [0, 0.1) is 6.92 Å². The van der Waals surface area contributed by atoms with E-state index in [1.54, 1.807) is 6.92 Å². The molecule has 3 aromatic rings. The minimum absolute atomic E-state index is 0.518. The largest absolute Gasteiger partial charge is 0.464 e. The second kappa shape index (κ2) is 5.83. The molecule has 5 nitrogen and oxygen atoms in total. The predicted octanol–water partition coefficient (Wildman–Crippen LogP) is 3.81. The molecular weight excluding hydrogens is 266 g/mol. The number of nitrogens with zero attached hydrogens (tertiary/aromatic N) is 2. The van der Waals surface area contributed by atoms with Crippen molar-refractivity contribution in [1.29, 1.82) is 0 Å². The molecule has 0 aliphatic carbocycles. The molecule has 0 spiro atoms. The van der Waals surface area contributed by atoms with Crippen LogP contribution in [-0.2, 0) is 13.0 Å². The molecule has 3 rings (SSSR count). The molecule has 21 heavy (non-hydrogen) atoms. The van der Waals surface area contributed by atoms with Crippen LogP contribution in [0.5, 0.6) is 0 Å². The highest BCUT2D eigenvalue weighted by Crippen LogP contribution is 2.27. The van der Waals surface area contributed by atoms with Gasteiger partial charge in [-0.2, -0.15) is 0 Å². The van der Waals surface area contributed by atoms with E-state index in [-0.39, 0.29) is 0 Å². The normalized spacial score (nSPS) is 10.8. The van der Waals surface area contributed by atoms with E-state index in [1.165, 1.54) is 0 Å². The molecule has 0 bridgehead atoms. The molecule has 0 fully saturated rings. The van der Waals surface area contributed by atoms with Crippen LogP contribution in [-0.4, -0.2) is 10.2 Å². The van der Waals surface area contributed by atoms with Crippen LogP contribution in [0.1, 0.15) is 24.3 Å². The molecule has 108 valence electrons. The number of aryl methyl sites for hydroxylation is 2. The number of aromatic nitrogens is 2. The van der Waals surface area contributed by atoms with Gasteiger partial charge in [0, 0.05) is 19.0 Å². The minimum atomic E-state index is 0.518. The fourth-order valence-corrected chi connectivity index (χ4v) is 2.12. The number of rotatable bonds is 5. The number of benzene rings is 1. The van der Waals surface area contributed by atoms with E-state index in [1.807, 2.05) is 36.4 Å². The van der Waals surface area contributed by atoms with Crippen LogP contribution in [0.2, 0.25) is 0 Å². The van der Waals surface area contributed by atoms with Gasteiger partial charge in [-0.15, -0.1) is 10.2 Å². The Morgan fingerprint density at radius 2 is 1.81 bits per heavy atom. The van der Waals surface area contributed by atoms with Crippen molar-refractivity contribution in [3.05, 3.63) is 53.8 Å². The van der Waals surface area contributed by atoms with Gasteiger partial charge in [0.15, 0.2) is 0 Å². The van der Waals surface area contributed by atoms with E-state index in [0.29, 0.717) is 18.3 Å². The SMILES string of the molecule is CCc1ccc(CNc2ccccc2-c2nnc(C)o2)o1. The fourth-order valence-electron chi connectivity index (χ4n) is 2.12. The second-order valence-corrected chi connectivity index (χ2v) is 4.75. The Morgan fingerprint density at radius 3 is 2.52 bits per heavy atom. The lowest BCUT2D eigenvalue weighted by atomic mass is 10.1. The van der Waals surface area contributed by atoms with Gasteiger partial charge in [0.05, 0.1) is 12.1 Å². The van der Waals surface area contributed by atoms with Crippen molar-refractivity contribution in [1.82, 2.24) is 10.2 Å². The van der Waals surface area contributed by atoms with Gasteiger partial charge in [0.2, 0.25) is 11.8 Å². The third-order valence-corrected chi connectivity index (χ3v) is 3.20. The number of para-hydroxylation sites is 1. The summed E-state index contributed by atoms with van der Waals surface area (Å²) in [6.45, 7) is 4.47. The first-order valence-electron chi connectivity index (χ1n) is 6.97. The second-order valence-electron chi connectivity index (χ2n) is 4.75. The van der Waals surface area contributed by atoms with Crippen molar-refractivity contribution in [3.63, 3.8) is 0 Å². The van der Waals surface area contributed by atoms with Crippen molar-refractivity contribution in [3.8, 4) is 11.5 Å². The van der Waals surface area contributed by atoms with Crippen molar-refractivity contribution >= 4 is 5.69 Å². The Kier molecular flexibility index (Phi) is 3.73. The Morgan fingerprint density at radius 1 is 1.00 bits per heavy atom. The predicted molar refractivity (Wildman–Crippen MR) is 79.9 cm³/mol. The summed E-state index contributed by atoms with van der Waals surface area (Å²) in [6.07, 6.45) is 0.901. The molecule has 1 N–H and O–H groups in total. The van der Waals surface area contributed by atoms with Crippen LogP contribution in [0.3, 0.4) is 0 Å². The third-order valence-electron chi connectivity index (χ3n) is 3.20. The monoisotopic (exact) mass is 283 g/mol. The van der Waals surface area contributed by atoms with Crippen LogP contribution in [0.15, 0.2) is 45.2 Å². The van der Waals surface area contributed by atoms with E-state index >= 15 is 0 Å². The maximum Gasteiger partial charge on any atom is 0.249 e. The van der Waals surface area contributed by atoms with Gasteiger partial charge in [-0.3, -0.25) is 0 Å². The molecule has 2 aromatic heterocycles. The lowest BCUT2D eigenvalue weighted by Gasteiger charge is -2.08. The molecule has 0 saturated carbocycles. The summed E-state index contributed by atoms with van der Waals surface area (Å²) in [5.74, 6) is 2.97.